The third-order valence-electron chi connectivity index (χ3n) is 6.59. The minimum Gasteiger partial charge on any atom is -0.456 e. The summed E-state index contributed by atoms with van der Waals surface area (Å²) in [6, 6.07) is 18.6. The second-order valence-electron chi connectivity index (χ2n) is 10.4. The predicted molar refractivity (Wildman–Crippen MR) is 140 cm³/mol. The SMILES string of the molecule is [2H]C([2H])(c1c[n+](C)c(-c2c(C)ccc3c2oc2cc4c(cc23)oc2ccccc24)cc1C)C(C)(C)C. The lowest BCUT2D eigenvalue weighted by atomic mass is 9.86. The number of hydrogen-bond acceptors (Lipinski definition) is 2. The van der Waals surface area contributed by atoms with E-state index >= 15 is 0 Å². The second kappa shape index (κ2) is 7.20. The molecule has 0 atom stereocenters. The Hall–Kier alpha value is -3.59. The molecule has 170 valence electrons. The molecular weight excluding hydrogens is 418 g/mol. The average Bonchev–Trinajstić information content (AvgIpc) is 3.35. The van der Waals surface area contributed by atoms with Gasteiger partial charge in [-0.2, -0.15) is 0 Å². The van der Waals surface area contributed by atoms with Crippen molar-refractivity contribution >= 4 is 43.9 Å². The molecule has 0 saturated carbocycles. The zero-order chi connectivity index (χ0) is 25.6. The number of pyridine rings is 1. The number of nitrogens with zero attached hydrogens (tertiary/aromatic N) is 1. The lowest BCUT2D eigenvalue weighted by Crippen LogP contribution is -2.32. The maximum Gasteiger partial charge on any atom is 0.216 e. The van der Waals surface area contributed by atoms with Gasteiger partial charge in [0.15, 0.2) is 6.20 Å². The van der Waals surface area contributed by atoms with Crippen molar-refractivity contribution in [3.05, 3.63) is 77.5 Å². The van der Waals surface area contributed by atoms with E-state index in [1.807, 2.05) is 63.7 Å². The van der Waals surface area contributed by atoms with Crippen molar-refractivity contribution in [1.29, 1.82) is 0 Å². The fourth-order valence-electron chi connectivity index (χ4n) is 5.01. The van der Waals surface area contributed by atoms with E-state index in [1.165, 1.54) is 0 Å². The van der Waals surface area contributed by atoms with Crippen molar-refractivity contribution in [2.24, 2.45) is 12.5 Å². The highest BCUT2D eigenvalue weighted by Crippen LogP contribution is 2.40. The fraction of sp³-hybridized carbons (Fsp3) is 0.258. The Kier molecular flexibility index (Phi) is 3.98. The second-order valence-corrected chi connectivity index (χ2v) is 10.4. The van der Waals surface area contributed by atoms with Gasteiger partial charge in [0.25, 0.3) is 0 Å². The highest BCUT2D eigenvalue weighted by molar-refractivity contribution is 6.16. The molecule has 0 aliphatic carbocycles. The van der Waals surface area contributed by atoms with Crippen LogP contribution >= 0.6 is 0 Å². The van der Waals surface area contributed by atoms with E-state index < -0.39 is 11.8 Å². The number of furan rings is 2. The number of benzene rings is 3. The summed E-state index contributed by atoms with van der Waals surface area (Å²) in [6.45, 7) is 9.92. The molecule has 3 heterocycles. The van der Waals surface area contributed by atoms with Crippen molar-refractivity contribution < 1.29 is 16.1 Å². The van der Waals surface area contributed by atoms with Crippen molar-refractivity contribution in [2.45, 2.75) is 41.0 Å². The van der Waals surface area contributed by atoms with Gasteiger partial charge in [0.1, 0.15) is 29.4 Å². The van der Waals surface area contributed by atoms with Crippen LogP contribution in [0.1, 0.15) is 40.2 Å². The largest absolute Gasteiger partial charge is 0.456 e. The number of hydrogen-bond donors (Lipinski definition) is 0. The molecule has 0 spiro atoms. The molecule has 34 heavy (non-hydrogen) atoms. The summed E-state index contributed by atoms with van der Waals surface area (Å²) in [5.74, 6) is 0. The lowest BCUT2D eigenvalue weighted by molar-refractivity contribution is -0.660. The van der Waals surface area contributed by atoms with Crippen LogP contribution in [0.4, 0.5) is 0 Å². The Morgan fingerprint density at radius 3 is 2.26 bits per heavy atom. The van der Waals surface area contributed by atoms with E-state index in [9.17, 15) is 0 Å². The van der Waals surface area contributed by atoms with E-state index in [1.54, 1.807) is 0 Å². The highest BCUT2D eigenvalue weighted by Gasteiger charge is 2.24. The minimum absolute atomic E-state index is 0.526. The van der Waals surface area contributed by atoms with Gasteiger partial charge in [-0.05, 0) is 55.0 Å². The summed E-state index contributed by atoms with van der Waals surface area (Å²) in [5, 5.41) is 4.19. The normalized spacial score (nSPS) is 13.8. The molecule has 0 unspecified atom stereocenters. The van der Waals surface area contributed by atoms with Gasteiger partial charge in [0, 0.05) is 35.9 Å². The van der Waals surface area contributed by atoms with Crippen molar-refractivity contribution in [1.82, 2.24) is 0 Å². The summed E-state index contributed by atoms with van der Waals surface area (Å²) in [5.41, 5.74) is 7.64. The third kappa shape index (κ3) is 3.22. The van der Waals surface area contributed by atoms with Crippen LogP contribution in [0.15, 0.2) is 69.6 Å². The van der Waals surface area contributed by atoms with Crippen molar-refractivity contribution in [3.63, 3.8) is 0 Å². The first-order valence-electron chi connectivity index (χ1n) is 12.8. The van der Waals surface area contributed by atoms with Gasteiger partial charge >= 0.3 is 0 Å². The molecule has 0 fully saturated rings. The van der Waals surface area contributed by atoms with Crippen LogP contribution in [0.5, 0.6) is 0 Å². The van der Waals surface area contributed by atoms with E-state index in [4.69, 9.17) is 11.6 Å². The zero-order valence-electron chi connectivity index (χ0n) is 22.5. The predicted octanol–water partition coefficient (Wildman–Crippen LogP) is 8.18. The van der Waals surface area contributed by atoms with Gasteiger partial charge in [-0.3, -0.25) is 0 Å². The van der Waals surface area contributed by atoms with Crippen LogP contribution in [-0.2, 0) is 13.4 Å². The smallest absolute Gasteiger partial charge is 0.216 e. The molecule has 0 aliphatic rings. The summed E-state index contributed by atoms with van der Waals surface area (Å²) >= 11 is 0. The average molecular weight is 451 g/mol. The highest BCUT2D eigenvalue weighted by atomic mass is 16.3. The minimum atomic E-state index is -1.47. The van der Waals surface area contributed by atoms with E-state index in [0.717, 1.165) is 66.3 Å². The van der Waals surface area contributed by atoms with Gasteiger partial charge in [-0.25, -0.2) is 4.57 Å². The molecule has 0 saturated heterocycles. The number of aryl methyl sites for hydroxylation is 3. The Morgan fingerprint density at radius 2 is 1.50 bits per heavy atom. The van der Waals surface area contributed by atoms with Gasteiger partial charge in [-0.1, -0.05) is 51.1 Å². The molecule has 6 rings (SSSR count). The first-order valence-corrected chi connectivity index (χ1v) is 11.8. The van der Waals surface area contributed by atoms with Gasteiger partial charge in [-0.15, -0.1) is 0 Å². The van der Waals surface area contributed by atoms with Crippen LogP contribution < -0.4 is 4.57 Å². The molecule has 0 aliphatic heterocycles. The summed E-state index contributed by atoms with van der Waals surface area (Å²) in [4.78, 5) is 0. The standard InChI is InChI=1S/C31H30NO2/c1-18-11-12-22-24-15-27-23(21-9-7-8-10-26(21)33-27)14-28(24)34-30(22)29(18)25-13-19(2)20(17-32(25)6)16-31(3,4)5/h7-15,17H,16H2,1-6H3/q+1/i16D2. The molecular formula is C31H30NO2+. The topological polar surface area (TPSA) is 30.2 Å². The molecule has 3 heteroatoms. The Balaban J connectivity index is 1.61. The number of para-hydroxylation sites is 1. The van der Waals surface area contributed by atoms with Crippen LogP contribution in [0, 0.1) is 19.3 Å². The summed E-state index contributed by atoms with van der Waals surface area (Å²) in [6.07, 6.45) is 0.473. The fourth-order valence-corrected chi connectivity index (χ4v) is 5.01. The van der Waals surface area contributed by atoms with Crippen LogP contribution in [0.3, 0.4) is 0 Å². The number of fused-ring (bicyclic) bond motifs is 6. The van der Waals surface area contributed by atoms with Gasteiger partial charge in [0.2, 0.25) is 5.69 Å². The van der Waals surface area contributed by atoms with Crippen molar-refractivity contribution in [3.8, 4) is 11.3 Å². The van der Waals surface area contributed by atoms with Gasteiger partial charge < -0.3 is 8.83 Å². The summed E-state index contributed by atoms with van der Waals surface area (Å²) < 4.78 is 32.4. The lowest BCUT2D eigenvalue weighted by Gasteiger charge is -2.19. The van der Waals surface area contributed by atoms with E-state index in [0.29, 0.717) is 5.56 Å². The molecule has 0 amide bonds. The zero-order valence-corrected chi connectivity index (χ0v) is 20.5. The van der Waals surface area contributed by atoms with E-state index in [-0.39, 0.29) is 0 Å². The maximum absolute atomic E-state index is 8.82. The Morgan fingerprint density at radius 1 is 0.794 bits per heavy atom. The monoisotopic (exact) mass is 450 g/mol. The molecule has 0 bridgehead atoms. The van der Waals surface area contributed by atoms with E-state index in [2.05, 4.69) is 43.3 Å². The maximum atomic E-state index is 8.82. The van der Waals surface area contributed by atoms with Crippen LogP contribution in [0.2, 0.25) is 0 Å². The molecule has 0 N–H and O–H groups in total. The number of rotatable bonds is 2. The third-order valence-corrected chi connectivity index (χ3v) is 6.59. The first kappa shape index (κ1) is 18.8. The number of aromatic nitrogens is 1. The molecule has 3 aromatic heterocycles. The first-order chi connectivity index (χ1) is 17.0. The van der Waals surface area contributed by atoms with Crippen LogP contribution in [-0.4, -0.2) is 0 Å². The molecule has 3 nitrogen and oxygen atoms in total. The molecule has 3 aromatic carbocycles. The Labute approximate surface area is 202 Å². The van der Waals surface area contributed by atoms with Crippen molar-refractivity contribution in [2.75, 3.05) is 0 Å². The quantitative estimate of drug-likeness (QED) is 0.249. The molecule has 0 radical (unpaired) electrons. The Bertz CT molecular complexity index is 1830. The molecule has 6 aromatic rings. The summed E-state index contributed by atoms with van der Waals surface area (Å²) in [7, 11) is 1.98. The van der Waals surface area contributed by atoms with Crippen LogP contribution in [0.25, 0.3) is 55.1 Å². The van der Waals surface area contributed by atoms with Gasteiger partial charge in [0.05, 0.1) is 5.56 Å².